The molecule has 0 bridgehead atoms. The van der Waals surface area contributed by atoms with E-state index < -0.39 is 10.0 Å². The van der Waals surface area contributed by atoms with Crippen LogP contribution in [0.3, 0.4) is 0 Å². The quantitative estimate of drug-likeness (QED) is 0.843. The van der Waals surface area contributed by atoms with Gasteiger partial charge in [0.15, 0.2) is 0 Å². The molecule has 0 saturated heterocycles. The molecular weight excluding hydrogens is 260 g/mol. The fourth-order valence-electron chi connectivity index (χ4n) is 1.85. The lowest BCUT2D eigenvalue weighted by molar-refractivity contribution is 0.601. The highest BCUT2D eigenvalue weighted by atomic mass is 32.2. The lowest BCUT2D eigenvalue weighted by Gasteiger charge is -2.12. The Balaban J connectivity index is 2.40. The molecule has 100 valence electrons. The van der Waals surface area contributed by atoms with Crippen LogP contribution in [0.25, 0.3) is 0 Å². The summed E-state index contributed by atoms with van der Waals surface area (Å²) in [6.45, 7) is 1.98. The van der Waals surface area contributed by atoms with Crippen molar-refractivity contribution in [3.63, 3.8) is 0 Å². The SMILES string of the molecule is CCc1ccccc1NS(=O)(=O)c1ccccc1N. The Labute approximate surface area is 113 Å². The molecule has 0 atom stereocenters. The van der Waals surface area contributed by atoms with Gasteiger partial charge in [0.05, 0.1) is 11.4 Å². The summed E-state index contributed by atoms with van der Waals surface area (Å²) in [5, 5.41) is 0. The van der Waals surface area contributed by atoms with Crippen LogP contribution >= 0.6 is 0 Å². The highest BCUT2D eigenvalue weighted by Gasteiger charge is 2.17. The fraction of sp³-hybridized carbons (Fsp3) is 0.143. The molecule has 0 aliphatic heterocycles. The number of nitrogen functional groups attached to an aromatic ring is 1. The van der Waals surface area contributed by atoms with Gasteiger partial charge >= 0.3 is 0 Å². The van der Waals surface area contributed by atoms with Crippen molar-refractivity contribution in [2.45, 2.75) is 18.2 Å². The number of rotatable bonds is 4. The first kappa shape index (κ1) is 13.4. The summed E-state index contributed by atoms with van der Waals surface area (Å²) in [4.78, 5) is 0.0981. The average Bonchev–Trinajstić information content (AvgIpc) is 2.39. The second-order valence-electron chi connectivity index (χ2n) is 4.15. The molecule has 19 heavy (non-hydrogen) atoms. The summed E-state index contributed by atoms with van der Waals surface area (Å²) >= 11 is 0. The Morgan fingerprint density at radius 2 is 1.68 bits per heavy atom. The van der Waals surface area contributed by atoms with Gasteiger partial charge in [-0.3, -0.25) is 4.72 Å². The van der Waals surface area contributed by atoms with E-state index in [1.54, 1.807) is 30.3 Å². The summed E-state index contributed by atoms with van der Waals surface area (Å²) in [5.74, 6) is 0. The molecular formula is C14H16N2O2S. The van der Waals surface area contributed by atoms with Crippen molar-refractivity contribution in [1.29, 1.82) is 0 Å². The van der Waals surface area contributed by atoms with Gasteiger partial charge in [0.1, 0.15) is 4.90 Å². The van der Waals surface area contributed by atoms with E-state index in [0.717, 1.165) is 12.0 Å². The van der Waals surface area contributed by atoms with Crippen LogP contribution in [0.15, 0.2) is 53.4 Å². The standard InChI is InChI=1S/C14H16N2O2S/c1-2-11-7-3-5-9-13(11)16-19(17,18)14-10-6-4-8-12(14)15/h3-10,16H,2,15H2,1H3. The van der Waals surface area contributed by atoms with E-state index in [2.05, 4.69) is 4.72 Å². The minimum Gasteiger partial charge on any atom is -0.398 e. The van der Waals surface area contributed by atoms with Gasteiger partial charge in [0, 0.05) is 0 Å². The van der Waals surface area contributed by atoms with Crippen molar-refractivity contribution < 1.29 is 8.42 Å². The van der Waals surface area contributed by atoms with Crippen molar-refractivity contribution >= 4 is 21.4 Å². The molecule has 0 unspecified atom stereocenters. The number of para-hydroxylation sites is 2. The van der Waals surface area contributed by atoms with Crippen LogP contribution in [0.1, 0.15) is 12.5 Å². The highest BCUT2D eigenvalue weighted by molar-refractivity contribution is 7.92. The summed E-state index contributed by atoms with van der Waals surface area (Å²) in [5.41, 5.74) is 7.49. The Bertz CT molecular complexity index is 681. The predicted octanol–water partition coefficient (Wildman–Crippen LogP) is 2.63. The third-order valence-corrected chi connectivity index (χ3v) is 4.29. The number of hydrogen-bond acceptors (Lipinski definition) is 3. The van der Waals surface area contributed by atoms with Gasteiger partial charge in [-0.15, -0.1) is 0 Å². The Morgan fingerprint density at radius 1 is 1.05 bits per heavy atom. The molecule has 2 aromatic rings. The minimum atomic E-state index is -3.65. The molecule has 0 fully saturated rings. The molecule has 0 radical (unpaired) electrons. The van der Waals surface area contributed by atoms with Crippen LogP contribution in [-0.2, 0) is 16.4 Å². The molecule has 3 N–H and O–H groups in total. The Hall–Kier alpha value is -2.01. The summed E-state index contributed by atoms with van der Waals surface area (Å²) < 4.78 is 27.2. The van der Waals surface area contributed by atoms with Crippen LogP contribution in [0.2, 0.25) is 0 Å². The third kappa shape index (κ3) is 2.88. The lowest BCUT2D eigenvalue weighted by Crippen LogP contribution is -2.15. The van der Waals surface area contributed by atoms with Crippen molar-refractivity contribution in [2.75, 3.05) is 10.5 Å². The van der Waals surface area contributed by atoms with Gasteiger partial charge in [-0.25, -0.2) is 8.42 Å². The molecule has 0 aromatic heterocycles. The van der Waals surface area contributed by atoms with E-state index in [1.807, 2.05) is 19.1 Å². The molecule has 0 saturated carbocycles. The monoisotopic (exact) mass is 276 g/mol. The molecule has 2 aromatic carbocycles. The molecule has 0 amide bonds. The molecule has 4 nitrogen and oxygen atoms in total. The molecule has 0 aliphatic rings. The minimum absolute atomic E-state index is 0.0981. The normalized spacial score (nSPS) is 11.2. The highest BCUT2D eigenvalue weighted by Crippen LogP contribution is 2.23. The van der Waals surface area contributed by atoms with Gasteiger partial charge in [0.25, 0.3) is 10.0 Å². The average molecular weight is 276 g/mol. The Kier molecular flexibility index (Phi) is 3.76. The van der Waals surface area contributed by atoms with Crippen molar-refractivity contribution in [1.82, 2.24) is 0 Å². The number of anilines is 2. The van der Waals surface area contributed by atoms with Crippen LogP contribution in [0.4, 0.5) is 11.4 Å². The largest absolute Gasteiger partial charge is 0.398 e. The predicted molar refractivity (Wildman–Crippen MR) is 77.5 cm³/mol. The lowest BCUT2D eigenvalue weighted by atomic mass is 10.1. The second-order valence-corrected chi connectivity index (χ2v) is 5.80. The molecule has 0 spiro atoms. The molecule has 0 heterocycles. The van der Waals surface area contributed by atoms with Gasteiger partial charge in [-0.1, -0.05) is 37.3 Å². The van der Waals surface area contributed by atoms with Crippen LogP contribution in [-0.4, -0.2) is 8.42 Å². The first-order chi connectivity index (χ1) is 9.04. The maximum absolute atomic E-state index is 12.3. The topological polar surface area (TPSA) is 72.2 Å². The zero-order chi connectivity index (χ0) is 13.9. The third-order valence-electron chi connectivity index (χ3n) is 2.85. The Morgan fingerprint density at radius 3 is 2.37 bits per heavy atom. The molecule has 2 rings (SSSR count). The summed E-state index contributed by atoms with van der Waals surface area (Å²) in [6, 6.07) is 13.7. The van der Waals surface area contributed by atoms with E-state index in [-0.39, 0.29) is 10.6 Å². The maximum atomic E-state index is 12.3. The second kappa shape index (κ2) is 5.32. The number of sulfonamides is 1. The maximum Gasteiger partial charge on any atom is 0.263 e. The van der Waals surface area contributed by atoms with Crippen molar-refractivity contribution in [3.8, 4) is 0 Å². The van der Waals surface area contributed by atoms with Crippen LogP contribution in [0, 0.1) is 0 Å². The van der Waals surface area contributed by atoms with Gasteiger partial charge in [-0.05, 0) is 30.2 Å². The number of hydrogen-bond donors (Lipinski definition) is 2. The number of aryl methyl sites for hydroxylation is 1. The van der Waals surface area contributed by atoms with E-state index in [1.165, 1.54) is 6.07 Å². The van der Waals surface area contributed by atoms with Crippen LogP contribution < -0.4 is 10.5 Å². The van der Waals surface area contributed by atoms with Crippen LogP contribution in [0.5, 0.6) is 0 Å². The fourth-order valence-corrected chi connectivity index (χ4v) is 3.09. The first-order valence-electron chi connectivity index (χ1n) is 6.00. The zero-order valence-electron chi connectivity index (χ0n) is 10.6. The van der Waals surface area contributed by atoms with E-state index in [9.17, 15) is 8.42 Å². The van der Waals surface area contributed by atoms with Gasteiger partial charge in [0.2, 0.25) is 0 Å². The van der Waals surface area contributed by atoms with Gasteiger partial charge < -0.3 is 5.73 Å². The van der Waals surface area contributed by atoms with E-state index >= 15 is 0 Å². The molecule has 5 heteroatoms. The van der Waals surface area contributed by atoms with E-state index in [4.69, 9.17) is 5.73 Å². The van der Waals surface area contributed by atoms with Gasteiger partial charge in [-0.2, -0.15) is 0 Å². The smallest absolute Gasteiger partial charge is 0.263 e. The van der Waals surface area contributed by atoms with Crippen molar-refractivity contribution in [2.24, 2.45) is 0 Å². The number of nitrogens with two attached hydrogens (primary N) is 1. The summed E-state index contributed by atoms with van der Waals surface area (Å²) in [7, 11) is -3.65. The number of nitrogens with one attached hydrogen (secondary N) is 1. The van der Waals surface area contributed by atoms with Crippen molar-refractivity contribution in [3.05, 3.63) is 54.1 Å². The first-order valence-corrected chi connectivity index (χ1v) is 7.48. The molecule has 0 aliphatic carbocycles. The number of benzene rings is 2. The summed E-state index contributed by atoms with van der Waals surface area (Å²) in [6.07, 6.45) is 0.753. The zero-order valence-corrected chi connectivity index (χ0v) is 11.4. The van der Waals surface area contributed by atoms with E-state index in [0.29, 0.717) is 5.69 Å².